The number of ether oxygens (including phenoxy) is 1. The van der Waals surface area contributed by atoms with Gasteiger partial charge in [-0.15, -0.1) is 0 Å². The zero-order valence-corrected chi connectivity index (χ0v) is 27.9. The minimum absolute atomic E-state index is 0.0560. The number of rotatable bonds is 12. The Hall–Kier alpha value is -4.48. The van der Waals surface area contributed by atoms with E-state index in [-0.39, 0.29) is 18.3 Å². The lowest BCUT2D eigenvalue weighted by Gasteiger charge is -2.34. The van der Waals surface area contributed by atoms with Crippen LogP contribution in [0.1, 0.15) is 43.2 Å². The maximum Gasteiger partial charge on any atom is 0.291 e. The van der Waals surface area contributed by atoms with Crippen LogP contribution in [-0.2, 0) is 26.4 Å². The predicted octanol–water partition coefficient (Wildman–Crippen LogP) is 4.32. The highest BCUT2D eigenvalue weighted by Gasteiger charge is 2.17. The molecule has 0 radical (unpaired) electrons. The average Bonchev–Trinajstić information content (AvgIpc) is 3.55. The van der Waals surface area contributed by atoms with Crippen LogP contribution >= 0.6 is 0 Å². The highest BCUT2D eigenvalue weighted by molar-refractivity contribution is 7.83. The Labute approximate surface area is 283 Å². The van der Waals surface area contributed by atoms with E-state index in [0.29, 0.717) is 35.6 Å². The van der Waals surface area contributed by atoms with Gasteiger partial charge in [-0.2, -0.15) is 4.36 Å². The zero-order chi connectivity index (χ0) is 33.7. The van der Waals surface area contributed by atoms with Crippen molar-refractivity contribution in [1.29, 1.82) is 0 Å². The number of aliphatic hydroxyl groups excluding tert-OH is 1. The standard InChI is InChI=1S/C36H39N5O6S/c1-27-12-19-47-34(27)36(44)38-32-5-3-4-28(23-32)6-7-30-22-31(25-37-24-30)35(43)39-48(45-2)33-10-8-29(9-11-33)26-41-15-13-40(14-16-41)17-20-46-21-18-42/h3-5,8-12,19,22-25,42H,13-18,20-21,26H2,1-2H3,(H,38,44). The third-order valence-corrected chi connectivity index (χ3v) is 8.96. The number of carbonyl (C=O) groups excluding carboxylic acids is 2. The van der Waals surface area contributed by atoms with Gasteiger partial charge in [0.2, 0.25) is 0 Å². The molecule has 3 heterocycles. The summed E-state index contributed by atoms with van der Waals surface area (Å²) in [4.78, 5) is 35.4. The van der Waals surface area contributed by atoms with E-state index in [0.717, 1.165) is 49.7 Å². The summed E-state index contributed by atoms with van der Waals surface area (Å²) in [7, 11) is 0.448. The van der Waals surface area contributed by atoms with Gasteiger partial charge in [-0.1, -0.05) is 30.0 Å². The molecule has 2 N–H and O–H groups in total. The molecule has 4 aromatic rings. The molecule has 1 unspecified atom stereocenters. The maximum atomic E-state index is 13.1. The topological polar surface area (TPSA) is 130 Å². The van der Waals surface area contributed by atoms with E-state index < -0.39 is 16.9 Å². The molecular formula is C36H39N5O6S. The second-order valence-electron chi connectivity index (χ2n) is 11.1. The van der Waals surface area contributed by atoms with E-state index in [2.05, 4.69) is 48.4 Å². The van der Waals surface area contributed by atoms with Crippen molar-refractivity contribution in [2.45, 2.75) is 18.4 Å². The first kappa shape index (κ1) is 34.8. The first-order valence-electron chi connectivity index (χ1n) is 15.6. The number of anilines is 1. The summed E-state index contributed by atoms with van der Waals surface area (Å²) >= 11 is 0. The number of nitrogens with one attached hydrogen (secondary N) is 1. The van der Waals surface area contributed by atoms with Crippen molar-refractivity contribution in [1.82, 2.24) is 14.8 Å². The second-order valence-corrected chi connectivity index (χ2v) is 12.6. The lowest BCUT2D eigenvalue weighted by molar-refractivity contribution is 0.0564. The van der Waals surface area contributed by atoms with Crippen LogP contribution in [-0.4, -0.2) is 91.4 Å². The molecule has 12 heteroatoms. The van der Waals surface area contributed by atoms with Gasteiger partial charge in [0.15, 0.2) is 5.76 Å². The summed E-state index contributed by atoms with van der Waals surface area (Å²) in [5, 5.41) is 11.7. The van der Waals surface area contributed by atoms with E-state index >= 15 is 0 Å². The number of amides is 2. The van der Waals surface area contributed by atoms with Crippen LogP contribution in [0.5, 0.6) is 0 Å². The van der Waals surface area contributed by atoms with Gasteiger partial charge in [0.1, 0.15) is 0 Å². The van der Waals surface area contributed by atoms with Gasteiger partial charge in [-0.3, -0.25) is 24.4 Å². The summed E-state index contributed by atoms with van der Waals surface area (Å²) in [5.41, 5.74) is 4.05. The van der Waals surface area contributed by atoms with Gasteiger partial charge in [0.25, 0.3) is 11.8 Å². The molecular weight excluding hydrogens is 630 g/mol. The van der Waals surface area contributed by atoms with E-state index in [1.54, 1.807) is 43.5 Å². The van der Waals surface area contributed by atoms with Crippen LogP contribution in [0.15, 0.2) is 93.0 Å². The summed E-state index contributed by atoms with van der Waals surface area (Å²) in [5.74, 6) is 5.58. The molecule has 2 aromatic heterocycles. The fraction of sp³-hybridized carbons (Fsp3) is 0.306. The number of aliphatic hydroxyl groups is 1. The van der Waals surface area contributed by atoms with Gasteiger partial charge in [0, 0.05) is 78.9 Å². The first-order valence-corrected chi connectivity index (χ1v) is 16.7. The zero-order valence-electron chi connectivity index (χ0n) is 27.1. The molecule has 1 atom stereocenters. The Morgan fingerprint density at radius 2 is 1.77 bits per heavy atom. The number of piperazine rings is 1. The minimum Gasteiger partial charge on any atom is -0.459 e. The second kappa shape index (κ2) is 17.6. The van der Waals surface area contributed by atoms with Crippen LogP contribution in [0.3, 0.4) is 0 Å². The first-order chi connectivity index (χ1) is 23.4. The number of aryl methyl sites for hydroxylation is 1. The van der Waals surface area contributed by atoms with Crippen LogP contribution < -0.4 is 5.32 Å². The van der Waals surface area contributed by atoms with Gasteiger partial charge in [0.05, 0.1) is 49.7 Å². The molecule has 11 nitrogen and oxygen atoms in total. The van der Waals surface area contributed by atoms with Crippen molar-refractivity contribution >= 4 is 28.5 Å². The maximum absolute atomic E-state index is 13.1. The number of pyridine rings is 1. The smallest absolute Gasteiger partial charge is 0.291 e. The number of hydrogen-bond acceptors (Lipinski definition) is 9. The summed E-state index contributed by atoms with van der Waals surface area (Å²) in [6.45, 7) is 8.52. The fourth-order valence-corrected chi connectivity index (χ4v) is 6.05. The number of aromatic nitrogens is 1. The van der Waals surface area contributed by atoms with Crippen LogP contribution in [0, 0.1) is 18.8 Å². The molecule has 0 spiro atoms. The van der Waals surface area contributed by atoms with E-state index in [1.165, 1.54) is 25.1 Å². The molecule has 250 valence electrons. The summed E-state index contributed by atoms with van der Waals surface area (Å²) in [6.07, 6.45) is 4.52. The van der Waals surface area contributed by atoms with Crippen molar-refractivity contribution in [2.24, 2.45) is 4.36 Å². The van der Waals surface area contributed by atoms with Crippen molar-refractivity contribution in [3.63, 3.8) is 0 Å². The Morgan fingerprint density at radius 3 is 2.50 bits per heavy atom. The molecule has 2 amide bonds. The Morgan fingerprint density at radius 1 is 1.00 bits per heavy atom. The number of benzene rings is 2. The normalized spacial score (nSPS) is 14.3. The van der Waals surface area contributed by atoms with Gasteiger partial charge < -0.3 is 23.8 Å². The van der Waals surface area contributed by atoms with Gasteiger partial charge >= 0.3 is 0 Å². The van der Waals surface area contributed by atoms with E-state index in [1.807, 2.05) is 18.2 Å². The van der Waals surface area contributed by atoms with Crippen LogP contribution in [0.4, 0.5) is 5.69 Å². The molecule has 1 aliphatic rings. The van der Waals surface area contributed by atoms with Crippen molar-refractivity contribution < 1.29 is 28.0 Å². The molecule has 1 aliphatic heterocycles. The summed E-state index contributed by atoms with van der Waals surface area (Å²) in [6, 6.07) is 18.6. The summed E-state index contributed by atoms with van der Waals surface area (Å²) < 4.78 is 20.6. The Kier molecular flexibility index (Phi) is 12.8. The van der Waals surface area contributed by atoms with E-state index in [4.69, 9.17) is 18.4 Å². The predicted molar refractivity (Wildman–Crippen MR) is 184 cm³/mol. The Balaban J connectivity index is 1.17. The number of furan rings is 1. The van der Waals surface area contributed by atoms with Crippen molar-refractivity contribution in [3.8, 4) is 11.8 Å². The van der Waals surface area contributed by atoms with Gasteiger partial charge in [-0.05, 0) is 55.0 Å². The molecule has 1 saturated heterocycles. The third kappa shape index (κ3) is 10.0. The van der Waals surface area contributed by atoms with E-state index in [9.17, 15) is 9.59 Å². The molecule has 5 rings (SSSR count). The molecule has 0 aliphatic carbocycles. The molecule has 2 aromatic carbocycles. The Bertz CT molecular complexity index is 1790. The van der Waals surface area contributed by atoms with Crippen LogP contribution in [0.25, 0.3) is 0 Å². The number of nitrogens with zero attached hydrogens (tertiary/aromatic N) is 4. The molecule has 1 fully saturated rings. The fourth-order valence-electron chi connectivity index (χ4n) is 5.05. The molecule has 48 heavy (non-hydrogen) atoms. The lowest BCUT2D eigenvalue weighted by atomic mass is 10.1. The number of hydrogen-bond donors (Lipinski definition) is 2. The minimum atomic E-state index is -1.09. The van der Waals surface area contributed by atoms with Gasteiger partial charge in [-0.25, -0.2) is 0 Å². The van der Waals surface area contributed by atoms with Crippen LogP contribution in [0.2, 0.25) is 0 Å². The molecule has 0 saturated carbocycles. The third-order valence-electron chi connectivity index (χ3n) is 7.63. The SMILES string of the molecule is COS(=NC(=O)c1cncc(C#Cc2cccc(NC(=O)c3occc3C)c2)c1)c1ccc(CN2CCN(CCOCCO)CC2)cc1. The molecule has 0 bridgehead atoms. The van der Waals surface area contributed by atoms with Crippen molar-refractivity contribution in [2.75, 3.05) is 65.0 Å². The number of carbonyl (C=O) groups is 2. The highest BCUT2D eigenvalue weighted by Crippen LogP contribution is 2.17. The monoisotopic (exact) mass is 669 g/mol. The van der Waals surface area contributed by atoms with Crippen molar-refractivity contribution in [3.05, 3.63) is 113 Å². The highest BCUT2D eigenvalue weighted by atomic mass is 32.2. The average molecular weight is 670 g/mol. The quantitative estimate of drug-likeness (QED) is 0.167. The lowest BCUT2D eigenvalue weighted by Crippen LogP contribution is -2.46. The largest absolute Gasteiger partial charge is 0.459 e.